The molecule has 0 saturated heterocycles. The van der Waals surface area contributed by atoms with Crippen molar-refractivity contribution in [3.05, 3.63) is 34.6 Å². The van der Waals surface area contributed by atoms with Gasteiger partial charge in [-0.25, -0.2) is 4.39 Å². The summed E-state index contributed by atoms with van der Waals surface area (Å²) in [5.74, 6) is 0.454. The van der Waals surface area contributed by atoms with Gasteiger partial charge < -0.3 is 0 Å². The Morgan fingerprint density at radius 2 is 2.00 bits per heavy atom. The molecule has 0 radical (unpaired) electrons. The molecule has 0 atom stereocenters. The van der Waals surface area contributed by atoms with Gasteiger partial charge in [0.2, 0.25) is 0 Å². The monoisotopic (exact) mass is 311 g/mol. The molecule has 0 N–H and O–H groups in total. The van der Waals surface area contributed by atoms with Gasteiger partial charge in [0, 0.05) is 6.42 Å². The van der Waals surface area contributed by atoms with Crippen molar-refractivity contribution in [3.8, 4) is 0 Å². The molecule has 4 heteroatoms. The maximum Gasteiger partial charge on any atom is 0.157 e. The molecule has 1 aliphatic rings. The van der Waals surface area contributed by atoms with E-state index in [2.05, 4.69) is 11.8 Å². The Kier molecular flexibility index (Phi) is 5.05. The second-order valence-electron chi connectivity index (χ2n) is 6.46. The predicted molar refractivity (Wildman–Crippen MR) is 84.2 cm³/mol. The fourth-order valence-corrected chi connectivity index (χ4v) is 3.42. The van der Waals surface area contributed by atoms with Crippen LogP contribution in [0.3, 0.4) is 0 Å². The first-order valence-electron chi connectivity index (χ1n) is 7.50. The van der Waals surface area contributed by atoms with Gasteiger partial charge in [0.1, 0.15) is 5.82 Å². The summed E-state index contributed by atoms with van der Waals surface area (Å²) in [6.07, 6.45) is 4.26. The summed E-state index contributed by atoms with van der Waals surface area (Å²) in [6, 6.07) is 4.54. The maximum atomic E-state index is 13.2. The van der Waals surface area contributed by atoms with Crippen LogP contribution >= 0.6 is 11.6 Å². The predicted octanol–water partition coefficient (Wildman–Crippen LogP) is 4.10. The summed E-state index contributed by atoms with van der Waals surface area (Å²) < 4.78 is 13.2. The van der Waals surface area contributed by atoms with Crippen molar-refractivity contribution in [1.82, 2.24) is 4.90 Å². The Balaban J connectivity index is 2.17. The van der Waals surface area contributed by atoms with Crippen LogP contribution in [0.25, 0.3) is 0 Å². The highest BCUT2D eigenvalue weighted by Crippen LogP contribution is 2.36. The van der Waals surface area contributed by atoms with Crippen molar-refractivity contribution in [3.63, 3.8) is 0 Å². The number of ketones is 1. The molecule has 0 heterocycles. The third-order valence-corrected chi connectivity index (χ3v) is 5.11. The average molecular weight is 312 g/mol. The summed E-state index contributed by atoms with van der Waals surface area (Å²) in [7, 11) is 3.96. The highest BCUT2D eigenvalue weighted by atomic mass is 35.5. The largest absolute Gasteiger partial charge is 0.297 e. The van der Waals surface area contributed by atoms with E-state index < -0.39 is 5.82 Å². The van der Waals surface area contributed by atoms with E-state index in [1.807, 2.05) is 14.1 Å². The molecule has 0 aromatic heterocycles. The van der Waals surface area contributed by atoms with Crippen LogP contribution in [-0.2, 0) is 11.2 Å². The lowest BCUT2D eigenvalue weighted by atomic mass is 9.72. The normalized spacial score (nSPS) is 26.1. The molecule has 0 unspecified atom stereocenters. The molecular formula is C17H23ClFNO. The molecule has 0 bridgehead atoms. The highest BCUT2D eigenvalue weighted by molar-refractivity contribution is 6.30. The first-order chi connectivity index (χ1) is 9.85. The molecule has 2 nitrogen and oxygen atoms in total. The average Bonchev–Trinajstić information content (AvgIpc) is 2.43. The van der Waals surface area contributed by atoms with Crippen LogP contribution in [0.5, 0.6) is 0 Å². The minimum Gasteiger partial charge on any atom is -0.297 e. The smallest absolute Gasteiger partial charge is 0.157 e. The minimum atomic E-state index is -0.443. The summed E-state index contributed by atoms with van der Waals surface area (Å²) >= 11 is 5.80. The van der Waals surface area contributed by atoms with Crippen LogP contribution < -0.4 is 0 Å². The summed E-state index contributed by atoms with van der Waals surface area (Å²) in [5, 5.41) is 0.0801. The van der Waals surface area contributed by atoms with Gasteiger partial charge in [-0.3, -0.25) is 9.69 Å². The van der Waals surface area contributed by atoms with E-state index in [0.29, 0.717) is 12.3 Å². The number of carbonyl (C=O) groups excluding carboxylic acids is 1. The van der Waals surface area contributed by atoms with E-state index in [1.165, 1.54) is 6.07 Å². The fourth-order valence-electron chi connectivity index (χ4n) is 3.21. The molecular weight excluding hydrogens is 289 g/mol. The van der Waals surface area contributed by atoms with E-state index in [4.69, 9.17) is 11.6 Å². The van der Waals surface area contributed by atoms with Crippen molar-refractivity contribution in [2.45, 2.75) is 44.6 Å². The molecule has 1 aromatic carbocycles. The molecule has 116 valence electrons. The van der Waals surface area contributed by atoms with Gasteiger partial charge in [-0.15, -0.1) is 0 Å². The molecule has 0 aliphatic heterocycles. The fraction of sp³-hybridized carbons (Fsp3) is 0.588. The Labute approximate surface area is 131 Å². The first kappa shape index (κ1) is 16.4. The van der Waals surface area contributed by atoms with Crippen LogP contribution in [0.1, 0.15) is 38.2 Å². The van der Waals surface area contributed by atoms with Crippen molar-refractivity contribution in [1.29, 1.82) is 0 Å². The number of rotatable bonds is 4. The van der Waals surface area contributed by atoms with Gasteiger partial charge in [-0.2, -0.15) is 0 Å². The van der Waals surface area contributed by atoms with Gasteiger partial charge in [-0.05, 0) is 63.4 Å². The number of likely N-dealkylation sites (N-methyl/N-ethyl adjacent to an activating group) is 1. The van der Waals surface area contributed by atoms with Gasteiger partial charge in [0.25, 0.3) is 0 Å². The number of halogens is 2. The zero-order valence-electron chi connectivity index (χ0n) is 13.0. The third kappa shape index (κ3) is 3.46. The summed E-state index contributed by atoms with van der Waals surface area (Å²) in [4.78, 5) is 14.9. The van der Waals surface area contributed by atoms with Crippen molar-refractivity contribution >= 4 is 17.4 Å². The van der Waals surface area contributed by atoms with E-state index in [-0.39, 0.29) is 16.3 Å². The lowest BCUT2D eigenvalue weighted by Crippen LogP contribution is -2.53. The second-order valence-corrected chi connectivity index (χ2v) is 6.86. The zero-order chi connectivity index (χ0) is 15.6. The number of carbonyl (C=O) groups is 1. The van der Waals surface area contributed by atoms with Gasteiger partial charge >= 0.3 is 0 Å². The lowest BCUT2D eigenvalue weighted by Gasteiger charge is -2.43. The number of Topliss-reactive ketones (excluding diaryl/α,β-unsaturated/α-hetero) is 1. The van der Waals surface area contributed by atoms with Crippen LogP contribution in [0.15, 0.2) is 18.2 Å². The highest BCUT2D eigenvalue weighted by Gasteiger charge is 2.42. The SMILES string of the molecule is CC1CCC(C(=O)Cc2ccc(F)c(Cl)c2)(N(C)C)CC1. The maximum absolute atomic E-state index is 13.2. The molecule has 1 fully saturated rings. The molecule has 21 heavy (non-hydrogen) atoms. The number of benzene rings is 1. The second kappa shape index (κ2) is 6.45. The molecule has 1 saturated carbocycles. The van der Waals surface area contributed by atoms with Crippen molar-refractivity contribution in [2.75, 3.05) is 14.1 Å². The van der Waals surface area contributed by atoms with Gasteiger partial charge in [0.15, 0.2) is 5.78 Å². The standard InChI is InChI=1S/C17H23ClFNO/c1-12-6-8-17(9-7-12,20(2)3)16(21)11-13-4-5-15(19)14(18)10-13/h4-5,10,12H,6-9,11H2,1-3H3. The Morgan fingerprint density at radius 3 is 2.52 bits per heavy atom. The molecule has 0 amide bonds. The number of nitrogens with zero attached hydrogens (tertiary/aromatic N) is 1. The van der Waals surface area contributed by atoms with Crippen LogP contribution in [0.2, 0.25) is 5.02 Å². The first-order valence-corrected chi connectivity index (χ1v) is 7.87. The van der Waals surface area contributed by atoms with Crippen LogP contribution in [-0.4, -0.2) is 30.3 Å². The summed E-state index contributed by atoms with van der Waals surface area (Å²) in [6.45, 7) is 2.24. The molecule has 1 aromatic rings. The van der Waals surface area contributed by atoms with Crippen LogP contribution in [0, 0.1) is 11.7 Å². The van der Waals surface area contributed by atoms with E-state index >= 15 is 0 Å². The third-order valence-electron chi connectivity index (χ3n) is 4.83. The van der Waals surface area contributed by atoms with E-state index in [1.54, 1.807) is 12.1 Å². The Hall–Kier alpha value is -0.930. The quantitative estimate of drug-likeness (QED) is 0.834. The van der Waals surface area contributed by atoms with E-state index in [9.17, 15) is 9.18 Å². The topological polar surface area (TPSA) is 20.3 Å². The van der Waals surface area contributed by atoms with Gasteiger partial charge in [0.05, 0.1) is 10.6 Å². The molecule has 0 spiro atoms. The number of hydrogen-bond acceptors (Lipinski definition) is 2. The summed E-state index contributed by atoms with van der Waals surface area (Å²) in [5.41, 5.74) is 0.402. The Morgan fingerprint density at radius 1 is 1.38 bits per heavy atom. The lowest BCUT2D eigenvalue weighted by molar-refractivity contribution is -0.131. The van der Waals surface area contributed by atoms with Crippen LogP contribution in [0.4, 0.5) is 4.39 Å². The van der Waals surface area contributed by atoms with E-state index in [0.717, 1.165) is 31.2 Å². The van der Waals surface area contributed by atoms with Crippen molar-refractivity contribution in [2.24, 2.45) is 5.92 Å². The van der Waals surface area contributed by atoms with Gasteiger partial charge in [-0.1, -0.05) is 24.6 Å². The molecule has 2 rings (SSSR count). The minimum absolute atomic E-state index is 0.0801. The number of hydrogen-bond donors (Lipinski definition) is 0. The zero-order valence-corrected chi connectivity index (χ0v) is 13.7. The van der Waals surface area contributed by atoms with Crippen molar-refractivity contribution < 1.29 is 9.18 Å². The Bertz CT molecular complexity index is 522. The molecule has 1 aliphatic carbocycles.